The molecule has 156 valence electrons. The van der Waals surface area contributed by atoms with Gasteiger partial charge in [-0.15, -0.1) is 0 Å². The summed E-state index contributed by atoms with van der Waals surface area (Å²) in [6, 6.07) is 29.6. The summed E-state index contributed by atoms with van der Waals surface area (Å²) in [4.78, 5) is 12.7. The highest BCUT2D eigenvalue weighted by Gasteiger charge is 2.18. The molecular formula is C26H24N2O3. The zero-order valence-corrected chi connectivity index (χ0v) is 17.3. The normalized spacial score (nSPS) is 10.8. The Labute approximate surface area is 181 Å². The molecule has 5 heteroatoms. The molecule has 0 spiro atoms. The monoisotopic (exact) mass is 412 g/mol. The van der Waals surface area contributed by atoms with Crippen molar-refractivity contribution in [3.63, 3.8) is 0 Å². The SMILES string of the molecule is COc1ccc(-c2cc(CNC(=O)CC(c3ccccc3)c3ccccc3)no2)cc1. The lowest BCUT2D eigenvalue weighted by Crippen LogP contribution is -2.25. The first kappa shape index (κ1) is 20.4. The van der Waals surface area contributed by atoms with Gasteiger partial charge in [-0.2, -0.15) is 0 Å². The topological polar surface area (TPSA) is 64.4 Å². The van der Waals surface area contributed by atoms with Gasteiger partial charge >= 0.3 is 0 Å². The van der Waals surface area contributed by atoms with Gasteiger partial charge in [-0.25, -0.2) is 0 Å². The Morgan fingerprint density at radius 3 is 2.13 bits per heavy atom. The van der Waals surface area contributed by atoms with E-state index >= 15 is 0 Å². The number of hydrogen-bond acceptors (Lipinski definition) is 4. The van der Waals surface area contributed by atoms with Crippen LogP contribution in [0.3, 0.4) is 0 Å². The van der Waals surface area contributed by atoms with Crippen LogP contribution in [-0.4, -0.2) is 18.2 Å². The van der Waals surface area contributed by atoms with E-state index in [-0.39, 0.29) is 11.8 Å². The predicted molar refractivity (Wildman–Crippen MR) is 120 cm³/mol. The van der Waals surface area contributed by atoms with E-state index in [0.717, 1.165) is 22.4 Å². The Bertz CT molecular complexity index is 1070. The van der Waals surface area contributed by atoms with E-state index in [0.29, 0.717) is 24.4 Å². The number of rotatable bonds is 8. The summed E-state index contributed by atoms with van der Waals surface area (Å²) in [6.45, 7) is 0.314. The van der Waals surface area contributed by atoms with Gasteiger partial charge in [0.25, 0.3) is 0 Å². The lowest BCUT2D eigenvalue weighted by molar-refractivity contribution is -0.121. The van der Waals surface area contributed by atoms with Crippen molar-refractivity contribution in [2.45, 2.75) is 18.9 Å². The van der Waals surface area contributed by atoms with E-state index in [1.165, 1.54) is 0 Å². The van der Waals surface area contributed by atoms with Crippen molar-refractivity contribution >= 4 is 5.91 Å². The molecule has 31 heavy (non-hydrogen) atoms. The maximum Gasteiger partial charge on any atom is 0.221 e. The summed E-state index contributed by atoms with van der Waals surface area (Å²) in [5.41, 5.74) is 3.81. The Morgan fingerprint density at radius 1 is 0.935 bits per heavy atom. The largest absolute Gasteiger partial charge is 0.497 e. The molecule has 0 saturated heterocycles. The molecule has 4 rings (SSSR count). The number of methoxy groups -OCH3 is 1. The maximum atomic E-state index is 12.7. The molecule has 1 heterocycles. The summed E-state index contributed by atoms with van der Waals surface area (Å²) in [5, 5.41) is 7.05. The molecule has 3 aromatic carbocycles. The van der Waals surface area contributed by atoms with Crippen LogP contribution in [0, 0.1) is 0 Å². The molecule has 1 amide bonds. The van der Waals surface area contributed by atoms with Gasteiger partial charge < -0.3 is 14.6 Å². The number of amides is 1. The highest BCUT2D eigenvalue weighted by molar-refractivity contribution is 5.77. The zero-order chi connectivity index (χ0) is 21.5. The maximum absolute atomic E-state index is 12.7. The number of carbonyl (C=O) groups is 1. The minimum absolute atomic E-state index is 0.00503. The van der Waals surface area contributed by atoms with Crippen molar-refractivity contribution in [2.75, 3.05) is 7.11 Å². The molecule has 0 radical (unpaired) electrons. The highest BCUT2D eigenvalue weighted by atomic mass is 16.5. The van der Waals surface area contributed by atoms with E-state index < -0.39 is 0 Å². The standard InChI is InChI=1S/C26H24N2O3/c1-30-23-14-12-21(13-15-23)25-16-22(28-31-25)18-27-26(29)17-24(19-8-4-2-5-9-19)20-10-6-3-7-11-20/h2-16,24H,17-18H2,1H3,(H,27,29). The third kappa shape index (κ3) is 5.20. The van der Waals surface area contributed by atoms with E-state index in [4.69, 9.17) is 9.26 Å². The van der Waals surface area contributed by atoms with Crippen LogP contribution in [0.5, 0.6) is 5.75 Å². The summed E-state index contributed by atoms with van der Waals surface area (Å²) in [6.07, 6.45) is 0.358. The summed E-state index contributed by atoms with van der Waals surface area (Å²) >= 11 is 0. The zero-order valence-electron chi connectivity index (χ0n) is 17.3. The summed E-state index contributed by atoms with van der Waals surface area (Å²) < 4.78 is 10.6. The lowest BCUT2D eigenvalue weighted by Gasteiger charge is -2.17. The first-order chi connectivity index (χ1) is 15.2. The lowest BCUT2D eigenvalue weighted by atomic mass is 9.88. The van der Waals surface area contributed by atoms with Gasteiger partial charge in [0.1, 0.15) is 11.4 Å². The van der Waals surface area contributed by atoms with Gasteiger partial charge in [0.05, 0.1) is 13.7 Å². The molecule has 0 saturated carbocycles. The van der Waals surface area contributed by atoms with Crippen molar-refractivity contribution in [2.24, 2.45) is 0 Å². The van der Waals surface area contributed by atoms with Gasteiger partial charge in [-0.05, 0) is 35.4 Å². The molecule has 0 fully saturated rings. The minimum atomic E-state index is -0.0355. The van der Waals surface area contributed by atoms with E-state index in [1.54, 1.807) is 7.11 Å². The van der Waals surface area contributed by atoms with Crippen LogP contribution in [0.4, 0.5) is 0 Å². The third-order valence-electron chi connectivity index (χ3n) is 5.19. The van der Waals surface area contributed by atoms with Gasteiger partial charge in [-0.3, -0.25) is 4.79 Å². The molecule has 0 aliphatic rings. The summed E-state index contributed by atoms with van der Waals surface area (Å²) in [5.74, 6) is 1.39. The van der Waals surface area contributed by atoms with E-state index in [1.807, 2.05) is 66.7 Å². The Balaban J connectivity index is 1.40. The second kappa shape index (κ2) is 9.76. The first-order valence-electron chi connectivity index (χ1n) is 10.2. The third-order valence-corrected chi connectivity index (χ3v) is 5.19. The second-order valence-corrected chi connectivity index (χ2v) is 7.27. The molecule has 0 bridgehead atoms. The van der Waals surface area contributed by atoms with Crippen molar-refractivity contribution in [3.05, 3.63) is 108 Å². The smallest absolute Gasteiger partial charge is 0.221 e. The fraction of sp³-hybridized carbons (Fsp3) is 0.154. The van der Waals surface area contributed by atoms with Gasteiger partial charge in [0, 0.05) is 24.0 Å². The molecular weight excluding hydrogens is 388 g/mol. The van der Waals surface area contributed by atoms with Crippen LogP contribution in [0.2, 0.25) is 0 Å². The number of hydrogen-bond donors (Lipinski definition) is 1. The molecule has 4 aromatic rings. The van der Waals surface area contributed by atoms with Crippen molar-refractivity contribution in [1.82, 2.24) is 10.5 Å². The van der Waals surface area contributed by atoms with Crippen molar-refractivity contribution < 1.29 is 14.1 Å². The first-order valence-corrected chi connectivity index (χ1v) is 10.2. The number of benzene rings is 3. The van der Waals surface area contributed by atoms with Gasteiger partial charge in [0.15, 0.2) is 5.76 Å². The molecule has 1 aromatic heterocycles. The summed E-state index contributed by atoms with van der Waals surface area (Å²) in [7, 11) is 1.63. The molecule has 0 unspecified atom stereocenters. The van der Waals surface area contributed by atoms with Crippen molar-refractivity contribution in [1.29, 1.82) is 0 Å². The Morgan fingerprint density at radius 2 is 1.55 bits per heavy atom. The quantitative estimate of drug-likeness (QED) is 0.433. The fourth-order valence-electron chi connectivity index (χ4n) is 3.53. The molecule has 5 nitrogen and oxygen atoms in total. The van der Waals surface area contributed by atoms with Gasteiger partial charge in [0.2, 0.25) is 5.91 Å². The Hall–Kier alpha value is -3.86. The second-order valence-electron chi connectivity index (χ2n) is 7.27. The van der Waals surface area contributed by atoms with Crippen LogP contribution >= 0.6 is 0 Å². The van der Waals surface area contributed by atoms with Crippen LogP contribution in [0.25, 0.3) is 11.3 Å². The minimum Gasteiger partial charge on any atom is -0.497 e. The molecule has 0 aliphatic heterocycles. The van der Waals surface area contributed by atoms with E-state index in [2.05, 4.69) is 34.7 Å². The van der Waals surface area contributed by atoms with Crippen LogP contribution in [-0.2, 0) is 11.3 Å². The number of aromatic nitrogens is 1. The highest BCUT2D eigenvalue weighted by Crippen LogP contribution is 2.28. The number of nitrogens with zero attached hydrogens (tertiary/aromatic N) is 1. The van der Waals surface area contributed by atoms with Crippen LogP contribution < -0.4 is 10.1 Å². The number of nitrogens with one attached hydrogen (secondary N) is 1. The molecule has 1 N–H and O–H groups in total. The molecule has 0 atom stereocenters. The average Bonchev–Trinajstić information content (AvgIpc) is 3.31. The fourth-order valence-corrected chi connectivity index (χ4v) is 3.53. The van der Waals surface area contributed by atoms with Crippen LogP contribution in [0.1, 0.15) is 29.2 Å². The predicted octanol–water partition coefficient (Wildman–Crippen LogP) is 5.19. The Kier molecular flexibility index (Phi) is 6.43. The molecule has 0 aliphatic carbocycles. The van der Waals surface area contributed by atoms with Crippen LogP contribution in [0.15, 0.2) is 95.5 Å². The van der Waals surface area contributed by atoms with E-state index in [9.17, 15) is 4.79 Å². The van der Waals surface area contributed by atoms with Gasteiger partial charge in [-0.1, -0.05) is 65.8 Å². The average molecular weight is 412 g/mol. The number of carbonyl (C=O) groups excluding carboxylic acids is 1. The number of ether oxygens (including phenoxy) is 1. The van der Waals surface area contributed by atoms with Crippen molar-refractivity contribution in [3.8, 4) is 17.1 Å².